The Labute approximate surface area is 205 Å². The third-order valence-electron chi connectivity index (χ3n) is 4.47. The van der Waals surface area contributed by atoms with E-state index in [9.17, 15) is 25.0 Å². The molecule has 0 aliphatic heterocycles. The van der Waals surface area contributed by atoms with Gasteiger partial charge < -0.3 is 4.74 Å². The lowest BCUT2D eigenvalue weighted by Gasteiger charge is -2.04. The van der Waals surface area contributed by atoms with Crippen LogP contribution in [0.15, 0.2) is 81.1 Å². The number of fused-ring (bicyclic) bond motifs is 1. The van der Waals surface area contributed by atoms with Gasteiger partial charge in [0.1, 0.15) is 5.75 Å². The van der Waals surface area contributed by atoms with Gasteiger partial charge in [-0.25, -0.2) is 10.4 Å². The molecule has 1 N–H and O–H groups in total. The van der Waals surface area contributed by atoms with Crippen molar-refractivity contribution in [1.82, 2.24) is 10.4 Å². The fourth-order valence-corrected chi connectivity index (χ4v) is 4.97. The topological polar surface area (TPSA) is 150 Å². The number of carbonyl (C=O) groups is 1. The molecule has 0 saturated carbocycles. The number of nitro benzene ring substituents is 2. The van der Waals surface area contributed by atoms with Crippen molar-refractivity contribution in [2.75, 3.05) is 6.61 Å². The molecule has 0 bridgehead atoms. The number of hydrogen-bond acceptors (Lipinski definition) is 10. The lowest BCUT2D eigenvalue weighted by molar-refractivity contribution is -0.387. The van der Waals surface area contributed by atoms with Crippen molar-refractivity contribution in [2.45, 2.75) is 9.24 Å². The number of carbonyl (C=O) groups excluding carboxylic acids is 1. The zero-order valence-electron chi connectivity index (χ0n) is 17.7. The number of nitro groups is 2. The first-order chi connectivity index (χ1) is 16.9. The molecule has 4 aromatic rings. The van der Waals surface area contributed by atoms with E-state index in [1.165, 1.54) is 59.6 Å². The number of hydrazone groups is 1. The number of amides is 1. The monoisotopic (exact) mass is 509 g/mol. The maximum absolute atomic E-state index is 11.9. The summed E-state index contributed by atoms with van der Waals surface area (Å²) in [5.74, 6) is -0.288. The Bertz CT molecular complexity index is 1410. The first-order valence-electron chi connectivity index (χ1n) is 9.90. The normalized spacial score (nSPS) is 11.0. The standard InChI is InChI=1S/C22H15N5O6S2/c28-21(13-33-16-8-6-15(7-9-16)26(29)30)25-23-12-14-5-10-20(18(11-14)27(31)32)35-22-24-17-3-1-2-4-19(17)34-22/h1-12H,13H2,(H,25,28)/b23-12+. The van der Waals surface area contributed by atoms with Crippen LogP contribution in [-0.2, 0) is 4.79 Å². The van der Waals surface area contributed by atoms with Crippen molar-refractivity contribution in [3.63, 3.8) is 0 Å². The molecule has 4 rings (SSSR count). The summed E-state index contributed by atoms with van der Waals surface area (Å²) in [6, 6.07) is 17.5. The van der Waals surface area contributed by atoms with Gasteiger partial charge >= 0.3 is 0 Å². The highest BCUT2D eigenvalue weighted by Gasteiger charge is 2.17. The molecule has 13 heteroatoms. The van der Waals surface area contributed by atoms with Crippen LogP contribution in [0.5, 0.6) is 5.75 Å². The minimum Gasteiger partial charge on any atom is -0.484 e. The molecule has 1 amide bonds. The molecule has 0 aliphatic rings. The summed E-state index contributed by atoms with van der Waals surface area (Å²) in [7, 11) is 0. The third-order valence-corrected chi connectivity index (χ3v) is 6.63. The average molecular weight is 510 g/mol. The summed E-state index contributed by atoms with van der Waals surface area (Å²) in [5, 5.41) is 26.1. The maximum atomic E-state index is 11.9. The molecule has 0 atom stereocenters. The van der Waals surface area contributed by atoms with Gasteiger partial charge in [0.15, 0.2) is 10.9 Å². The van der Waals surface area contributed by atoms with E-state index in [0.29, 0.717) is 14.8 Å². The Morgan fingerprint density at radius 1 is 1.09 bits per heavy atom. The molecule has 0 unspecified atom stereocenters. The van der Waals surface area contributed by atoms with E-state index in [-0.39, 0.29) is 23.7 Å². The van der Waals surface area contributed by atoms with Crippen molar-refractivity contribution in [2.24, 2.45) is 5.10 Å². The number of rotatable bonds is 9. The van der Waals surface area contributed by atoms with E-state index in [2.05, 4.69) is 15.5 Å². The Morgan fingerprint density at radius 2 is 1.86 bits per heavy atom. The number of nitrogens with zero attached hydrogens (tertiary/aromatic N) is 4. The van der Waals surface area contributed by atoms with Crippen molar-refractivity contribution >= 4 is 56.8 Å². The van der Waals surface area contributed by atoms with Gasteiger partial charge in [-0.05, 0) is 30.3 Å². The Balaban J connectivity index is 1.36. The van der Waals surface area contributed by atoms with Crippen LogP contribution >= 0.6 is 23.1 Å². The lowest BCUT2D eigenvalue weighted by atomic mass is 10.2. The summed E-state index contributed by atoms with van der Waals surface area (Å²) in [6.07, 6.45) is 1.28. The molecule has 35 heavy (non-hydrogen) atoms. The quantitative estimate of drug-likeness (QED) is 0.192. The van der Waals surface area contributed by atoms with Crippen LogP contribution in [0.2, 0.25) is 0 Å². The van der Waals surface area contributed by atoms with E-state index in [1.54, 1.807) is 12.1 Å². The summed E-state index contributed by atoms with van der Waals surface area (Å²) < 4.78 is 6.93. The Morgan fingerprint density at radius 3 is 2.57 bits per heavy atom. The van der Waals surface area contributed by atoms with E-state index >= 15 is 0 Å². The van der Waals surface area contributed by atoms with Crippen molar-refractivity contribution in [3.05, 3.63) is 92.5 Å². The number of hydrogen-bond donors (Lipinski definition) is 1. The number of non-ortho nitro benzene ring substituents is 1. The van der Waals surface area contributed by atoms with Crippen LogP contribution in [-0.4, -0.2) is 33.6 Å². The fourth-order valence-electron chi connectivity index (χ4n) is 2.86. The average Bonchev–Trinajstić information content (AvgIpc) is 3.26. The summed E-state index contributed by atoms with van der Waals surface area (Å²) in [4.78, 5) is 38.1. The third kappa shape index (κ3) is 6.16. The second-order valence-corrected chi connectivity index (χ2v) is 9.19. The first-order valence-corrected chi connectivity index (χ1v) is 11.5. The van der Waals surface area contributed by atoms with Crippen LogP contribution in [0.25, 0.3) is 10.2 Å². The van der Waals surface area contributed by atoms with Crippen LogP contribution in [0.4, 0.5) is 11.4 Å². The van der Waals surface area contributed by atoms with Crippen molar-refractivity contribution in [1.29, 1.82) is 0 Å². The molecule has 0 radical (unpaired) electrons. The molecule has 0 saturated heterocycles. The highest BCUT2D eigenvalue weighted by atomic mass is 32.2. The van der Waals surface area contributed by atoms with Crippen LogP contribution in [0, 0.1) is 20.2 Å². The van der Waals surface area contributed by atoms with Gasteiger partial charge in [-0.3, -0.25) is 25.0 Å². The molecule has 3 aromatic carbocycles. The largest absolute Gasteiger partial charge is 0.484 e. The second-order valence-electron chi connectivity index (χ2n) is 6.87. The van der Waals surface area contributed by atoms with E-state index in [1.807, 2.05) is 24.3 Å². The number of nitrogens with one attached hydrogen (secondary N) is 1. The van der Waals surface area contributed by atoms with Gasteiger partial charge in [0, 0.05) is 23.8 Å². The molecule has 1 aromatic heterocycles. The number of para-hydroxylation sites is 1. The zero-order valence-corrected chi connectivity index (χ0v) is 19.3. The van der Waals surface area contributed by atoms with Crippen LogP contribution < -0.4 is 10.2 Å². The molecule has 0 aliphatic carbocycles. The number of ether oxygens (including phenoxy) is 1. The molecule has 11 nitrogen and oxygen atoms in total. The van der Waals surface area contributed by atoms with Gasteiger partial charge in [0.25, 0.3) is 17.3 Å². The van der Waals surface area contributed by atoms with E-state index in [0.717, 1.165) is 10.2 Å². The smallest absolute Gasteiger partial charge is 0.283 e. The van der Waals surface area contributed by atoms with E-state index < -0.39 is 15.8 Å². The second kappa shape index (κ2) is 10.7. The summed E-state index contributed by atoms with van der Waals surface area (Å²) >= 11 is 2.66. The van der Waals surface area contributed by atoms with Crippen LogP contribution in [0.3, 0.4) is 0 Å². The highest BCUT2D eigenvalue weighted by Crippen LogP contribution is 2.38. The summed E-state index contributed by atoms with van der Waals surface area (Å²) in [6.45, 7) is -0.368. The highest BCUT2D eigenvalue weighted by molar-refractivity contribution is 8.01. The predicted molar refractivity (Wildman–Crippen MR) is 131 cm³/mol. The predicted octanol–water partition coefficient (Wildman–Crippen LogP) is 4.79. The van der Waals surface area contributed by atoms with Gasteiger partial charge in [-0.2, -0.15) is 5.10 Å². The van der Waals surface area contributed by atoms with Crippen LogP contribution in [0.1, 0.15) is 5.56 Å². The van der Waals surface area contributed by atoms with Crippen molar-refractivity contribution < 1.29 is 19.4 Å². The minimum atomic E-state index is -0.572. The number of aromatic nitrogens is 1. The Hall–Kier alpha value is -4.36. The molecular weight excluding hydrogens is 494 g/mol. The Kier molecular flexibility index (Phi) is 7.28. The lowest BCUT2D eigenvalue weighted by Crippen LogP contribution is -2.24. The van der Waals surface area contributed by atoms with Crippen molar-refractivity contribution in [3.8, 4) is 5.75 Å². The number of thiazole rings is 1. The first kappa shape index (κ1) is 23.8. The minimum absolute atomic E-state index is 0.0926. The maximum Gasteiger partial charge on any atom is 0.283 e. The molecule has 1 heterocycles. The van der Waals surface area contributed by atoms with Gasteiger partial charge in [-0.15, -0.1) is 11.3 Å². The fraction of sp³-hybridized carbons (Fsp3) is 0.0455. The molecular formula is C22H15N5O6S2. The van der Waals surface area contributed by atoms with Gasteiger partial charge in [0.2, 0.25) is 0 Å². The summed E-state index contributed by atoms with van der Waals surface area (Å²) in [5.41, 5.74) is 3.32. The van der Waals surface area contributed by atoms with Gasteiger partial charge in [-0.1, -0.05) is 30.0 Å². The number of benzene rings is 3. The zero-order chi connectivity index (χ0) is 24.8. The SMILES string of the molecule is O=C(COc1ccc([N+](=O)[O-])cc1)N/N=C/c1ccc(Sc2nc3ccccc3s2)c([N+](=O)[O-])c1. The van der Waals surface area contributed by atoms with Gasteiger partial charge in [0.05, 0.1) is 31.2 Å². The molecule has 0 fully saturated rings. The van der Waals surface area contributed by atoms with E-state index in [4.69, 9.17) is 4.74 Å². The molecule has 0 spiro atoms. The molecule has 176 valence electrons.